The van der Waals surface area contributed by atoms with Gasteiger partial charge < -0.3 is 5.11 Å². The van der Waals surface area contributed by atoms with Crippen LogP contribution in [0.2, 0.25) is 0 Å². The summed E-state index contributed by atoms with van der Waals surface area (Å²) in [7, 11) is 0. The molecule has 3 nitrogen and oxygen atoms in total. The predicted octanol–water partition coefficient (Wildman–Crippen LogP) is 8.52. The van der Waals surface area contributed by atoms with E-state index in [2.05, 4.69) is 25.7 Å². The number of carboxylic acids is 1. The molecule has 204 valence electrons. The van der Waals surface area contributed by atoms with Gasteiger partial charge in [0.15, 0.2) is 0 Å². The van der Waals surface area contributed by atoms with Crippen molar-refractivity contribution in [3.8, 4) is 0 Å². The van der Waals surface area contributed by atoms with E-state index in [4.69, 9.17) is 0 Å². The third-order valence-corrected chi connectivity index (χ3v) is 7.03. The minimum Gasteiger partial charge on any atom is -0.481 e. The fourth-order valence-electron chi connectivity index (χ4n) is 5.07. The first-order valence-electron chi connectivity index (χ1n) is 12.4. The van der Waals surface area contributed by atoms with Gasteiger partial charge in [-0.3, -0.25) is 9.69 Å². The van der Waals surface area contributed by atoms with Crippen LogP contribution in [0.15, 0.2) is 48.5 Å². The maximum atomic E-state index is 13.2. The highest BCUT2D eigenvalue weighted by Gasteiger charge is 2.37. The molecule has 9 heteroatoms. The fraction of sp³-hybridized carbons (Fsp3) is 0.536. The van der Waals surface area contributed by atoms with Crippen LogP contribution in [0.5, 0.6) is 0 Å². The van der Waals surface area contributed by atoms with Gasteiger partial charge in [-0.25, -0.2) is 0 Å². The van der Waals surface area contributed by atoms with Crippen LogP contribution in [0.4, 0.5) is 26.3 Å². The summed E-state index contributed by atoms with van der Waals surface area (Å²) in [6.07, 6.45) is -6.56. The zero-order chi connectivity index (χ0) is 27.6. The van der Waals surface area contributed by atoms with E-state index in [1.54, 1.807) is 0 Å². The second-order valence-corrected chi connectivity index (χ2v) is 11.1. The van der Waals surface area contributed by atoms with E-state index in [0.717, 1.165) is 30.7 Å². The average Bonchev–Trinajstić information content (AvgIpc) is 2.78. The van der Waals surface area contributed by atoms with E-state index < -0.39 is 29.4 Å². The van der Waals surface area contributed by atoms with E-state index in [1.165, 1.54) is 24.3 Å². The number of nitrogens with zero attached hydrogens (tertiary/aromatic N) is 1. The lowest BCUT2D eigenvalue weighted by Gasteiger charge is -2.45. The number of alkyl halides is 6. The molecule has 3 rings (SSSR count). The maximum absolute atomic E-state index is 13.2. The quantitative estimate of drug-likeness (QED) is 0.366. The van der Waals surface area contributed by atoms with E-state index in [-0.39, 0.29) is 29.8 Å². The largest absolute Gasteiger partial charge is 0.481 e. The lowest BCUT2D eigenvalue weighted by molar-refractivity contribution is -0.139. The molecule has 0 saturated carbocycles. The first-order valence-corrected chi connectivity index (χ1v) is 12.4. The highest BCUT2D eigenvalue weighted by molar-refractivity contribution is 5.67. The molecule has 0 amide bonds. The van der Waals surface area contributed by atoms with Gasteiger partial charge in [-0.2, -0.15) is 26.3 Å². The number of likely N-dealkylation sites (tertiary alicyclic amines) is 1. The van der Waals surface area contributed by atoms with Gasteiger partial charge in [0.25, 0.3) is 0 Å². The van der Waals surface area contributed by atoms with Crippen molar-refractivity contribution >= 4 is 5.97 Å². The van der Waals surface area contributed by atoms with Gasteiger partial charge in [0.05, 0.1) is 11.1 Å². The number of carboxylic acid groups (broad SMARTS) is 1. The van der Waals surface area contributed by atoms with Crippen molar-refractivity contribution in [3.05, 3.63) is 70.8 Å². The zero-order valence-electron chi connectivity index (χ0n) is 21.2. The summed E-state index contributed by atoms with van der Waals surface area (Å²) in [5.74, 6) is -1.09. The summed E-state index contributed by atoms with van der Waals surface area (Å²) in [6.45, 7) is 6.70. The van der Waals surface area contributed by atoms with E-state index in [1.807, 2.05) is 0 Å². The number of carbonyl (C=O) groups is 1. The molecule has 37 heavy (non-hydrogen) atoms. The molecule has 1 saturated heterocycles. The Morgan fingerprint density at radius 2 is 1.43 bits per heavy atom. The molecule has 0 aliphatic carbocycles. The second-order valence-electron chi connectivity index (χ2n) is 11.1. The molecule has 0 bridgehead atoms. The van der Waals surface area contributed by atoms with Gasteiger partial charge >= 0.3 is 18.3 Å². The fourth-order valence-corrected chi connectivity index (χ4v) is 5.07. The smallest absolute Gasteiger partial charge is 0.416 e. The van der Waals surface area contributed by atoms with Crippen LogP contribution in [0.1, 0.15) is 87.2 Å². The van der Waals surface area contributed by atoms with Crippen LogP contribution in [-0.2, 0) is 17.1 Å². The average molecular weight is 530 g/mol. The summed E-state index contributed by atoms with van der Waals surface area (Å²) in [6, 6.07) is 9.33. The topological polar surface area (TPSA) is 40.5 Å². The molecule has 1 fully saturated rings. The van der Waals surface area contributed by atoms with E-state index in [0.29, 0.717) is 36.9 Å². The van der Waals surface area contributed by atoms with Crippen molar-refractivity contribution in [2.24, 2.45) is 11.3 Å². The molecule has 1 heterocycles. The van der Waals surface area contributed by atoms with Gasteiger partial charge in [0.1, 0.15) is 0 Å². The SMILES string of the molecule is CC(C)(C)CCC(c1ccc(C(F)(F)F)cc1)N1CCC(CC(=O)O)CC1c1ccc(C(F)(F)F)cc1. The Morgan fingerprint density at radius 3 is 1.89 bits per heavy atom. The van der Waals surface area contributed by atoms with Crippen molar-refractivity contribution in [1.82, 2.24) is 4.90 Å². The Bertz CT molecular complexity index is 1040. The van der Waals surface area contributed by atoms with E-state index >= 15 is 0 Å². The molecule has 0 radical (unpaired) electrons. The van der Waals surface area contributed by atoms with Crippen molar-refractivity contribution in [2.45, 2.75) is 77.3 Å². The van der Waals surface area contributed by atoms with Crippen molar-refractivity contribution in [2.75, 3.05) is 6.54 Å². The molecule has 2 aromatic rings. The predicted molar refractivity (Wildman–Crippen MR) is 129 cm³/mol. The Balaban J connectivity index is 2.01. The standard InChI is InChI=1S/C28H33F6NO2/c1-26(2,3)14-12-23(19-4-8-21(9-5-19)27(29,30)31)35-15-13-18(17-25(36)37)16-24(35)20-6-10-22(11-7-20)28(32,33)34/h4-11,18,23-24H,12-17H2,1-3H3,(H,36,37). The van der Waals surface area contributed by atoms with Crippen LogP contribution in [0.25, 0.3) is 0 Å². The van der Waals surface area contributed by atoms with Crippen molar-refractivity contribution in [3.63, 3.8) is 0 Å². The summed E-state index contributed by atoms with van der Waals surface area (Å²) < 4.78 is 79.1. The molecular weight excluding hydrogens is 496 g/mol. The first kappa shape index (κ1) is 29.0. The molecular formula is C28H33F6NO2. The summed E-state index contributed by atoms with van der Waals surface area (Å²) >= 11 is 0. The van der Waals surface area contributed by atoms with Crippen LogP contribution in [0, 0.1) is 11.3 Å². The normalized spacial score (nSPS) is 20.6. The molecule has 0 aromatic heterocycles. The number of aliphatic carboxylic acids is 1. The minimum atomic E-state index is -4.48. The Morgan fingerprint density at radius 1 is 0.919 bits per heavy atom. The van der Waals surface area contributed by atoms with Crippen LogP contribution in [-0.4, -0.2) is 22.5 Å². The third-order valence-electron chi connectivity index (χ3n) is 7.03. The van der Waals surface area contributed by atoms with Gasteiger partial charge in [-0.1, -0.05) is 45.0 Å². The summed E-state index contributed by atoms with van der Waals surface area (Å²) in [5, 5.41) is 9.34. The number of halogens is 6. The number of rotatable bonds is 7. The lowest BCUT2D eigenvalue weighted by Crippen LogP contribution is -2.40. The highest BCUT2D eigenvalue weighted by Crippen LogP contribution is 2.44. The van der Waals surface area contributed by atoms with Crippen molar-refractivity contribution < 1.29 is 36.2 Å². The Kier molecular flexibility index (Phi) is 8.67. The molecule has 1 N–H and O–H groups in total. The van der Waals surface area contributed by atoms with Crippen LogP contribution >= 0.6 is 0 Å². The first-order chi connectivity index (χ1) is 17.0. The van der Waals surface area contributed by atoms with Crippen LogP contribution < -0.4 is 0 Å². The van der Waals surface area contributed by atoms with E-state index in [9.17, 15) is 36.2 Å². The Hall–Kier alpha value is -2.55. The minimum absolute atomic E-state index is 0.0437. The molecule has 3 atom stereocenters. The number of hydrogen-bond donors (Lipinski definition) is 1. The summed E-state index contributed by atoms with van der Waals surface area (Å²) in [4.78, 5) is 13.5. The summed E-state index contributed by atoms with van der Waals surface area (Å²) in [5.41, 5.74) is -0.227. The van der Waals surface area contributed by atoms with Gasteiger partial charge in [0, 0.05) is 18.5 Å². The molecule has 2 aromatic carbocycles. The second kappa shape index (κ2) is 11.1. The van der Waals surface area contributed by atoms with Crippen LogP contribution in [0.3, 0.4) is 0 Å². The number of piperidine rings is 1. The Labute approximate surface area is 213 Å². The zero-order valence-corrected chi connectivity index (χ0v) is 21.2. The highest BCUT2D eigenvalue weighted by atomic mass is 19.4. The monoisotopic (exact) mass is 529 g/mol. The molecule has 3 unspecified atom stereocenters. The van der Waals surface area contributed by atoms with Gasteiger partial charge in [-0.15, -0.1) is 0 Å². The molecule has 1 aliphatic heterocycles. The molecule has 1 aliphatic rings. The molecule has 0 spiro atoms. The van der Waals surface area contributed by atoms with Crippen molar-refractivity contribution in [1.29, 1.82) is 0 Å². The lowest BCUT2D eigenvalue weighted by atomic mass is 9.81. The number of hydrogen-bond acceptors (Lipinski definition) is 2. The van der Waals surface area contributed by atoms with Gasteiger partial charge in [0.2, 0.25) is 0 Å². The third kappa shape index (κ3) is 7.97. The maximum Gasteiger partial charge on any atom is 0.416 e. The van der Waals surface area contributed by atoms with Gasteiger partial charge in [-0.05, 0) is 79.0 Å². The number of benzene rings is 2.